The highest BCUT2D eigenvalue weighted by atomic mass is 35.5. The van der Waals surface area contributed by atoms with E-state index in [0.717, 1.165) is 73.4 Å². The number of benzene rings is 4. The van der Waals surface area contributed by atoms with Gasteiger partial charge in [0.05, 0.1) is 10.7 Å². The molecule has 0 saturated carbocycles. The van der Waals surface area contributed by atoms with Crippen LogP contribution in [0.1, 0.15) is 124 Å². The first-order valence-electron chi connectivity index (χ1n) is 24.0. The summed E-state index contributed by atoms with van der Waals surface area (Å²) in [7, 11) is 0. The summed E-state index contributed by atoms with van der Waals surface area (Å²) in [5, 5.41) is 1.24. The molecule has 62 heavy (non-hydrogen) atoms. The number of rotatable bonds is 25. The van der Waals surface area contributed by atoms with Gasteiger partial charge in [-0.05, 0) is 87.2 Å². The van der Waals surface area contributed by atoms with Gasteiger partial charge in [0.2, 0.25) is 17.1 Å². The molecular formula is C55H75Cl2N5+2. The molecule has 4 aromatic rings. The molecule has 1 aliphatic rings. The van der Waals surface area contributed by atoms with Gasteiger partial charge in [-0.3, -0.25) is 0 Å². The summed E-state index contributed by atoms with van der Waals surface area (Å²) in [6.45, 7) is 22.1. The summed E-state index contributed by atoms with van der Waals surface area (Å²) >= 11 is 15.1. The lowest BCUT2D eigenvalue weighted by Gasteiger charge is -2.30. The summed E-state index contributed by atoms with van der Waals surface area (Å²) in [5.74, 6) is 0. The zero-order chi connectivity index (χ0) is 44.3. The van der Waals surface area contributed by atoms with Gasteiger partial charge in [-0.15, -0.1) is 0 Å². The van der Waals surface area contributed by atoms with Crippen LogP contribution in [-0.4, -0.2) is 55.3 Å². The van der Waals surface area contributed by atoms with Crippen molar-refractivity contribution in [2.45, 2.75) is 126 Å². The lowest BCUT2D eigenvalue weighted by atomic mass is 10.1. The maximum absolute atomic E-state index is 7.55. The van der Waals surface area contributed by atoms with Gasteiger partial charge in [-0.25, -0.2) is 4.58 Å². The van der Waals surface area contributed by atoms with E-state index >= 15 is 0 Å². The third kappa shape index (κ3) is 13.3. The average Bonchev–Trinajstić information content (AvgIpc) is 3.29. The summed E-state index contributed by atoms with van der Waals surface area (Å²) in [4.78, 5) is 7.34. The van der Waals surface area contributed by atoms with E-state index in [9.17, 15) is 0 Å². The molecule has 0 radical (unpaired) electrons. The zero-order valence-corrected chi connectivity index (χ0v) is 40.6. The fourth-order valence-corrected chi connectivity index (χ4v) is 8.54. The van der Waals surface area contributed by atoms with Crippen LogP contribution in [0.25, 0.3) is 0 Å². The maximum Gasteiger partial charge on any atom is 0.232 e. The van der Waals surface area contributed by atoms with Gasteiger partial charge in [0.25, 0.3) is 0 Å². The lowest BCUT2D eigenvalue weighted by Crippen LogP contribution is -2.25. The number of hydrogen-bond acceptors (Lipinski definition) is 3. The van der Waals surface area contributed by atoms with Crippen molar-refractivity contribution in [3.8, 4) is 0 Å². The Labute approximate surface area is 386 Å². The highest BCUT2D eigenvalue weighted by Gasteiger charge is 2.27. The number of halogens is 2. The molecule has 5 nitrogen and oxygen atoms in total. The SMILES string of the molecule is CCCCN(CCCC)c1ccc(N(c2ccc(N(CCCC)CCCC)cc2)c2cc(Cl)c([N+](=C3C=CC(=[N+](CCCC)CCCC)C=C3)c3ccc(C)cc3)cc2Cl)cc1. The number of allylic oxidation sites excluding steroid dienone is 4. The van der Waals surface area contributed by atoms with Crippen molar-refractivity contribution in [1.82, 2.24) is 4.58 Å². The molecule has 7 heteroatoms. The second-order valence-corrected chi connectivity index (χ2v) is 17.7. The Bertz CT molecular complexity index is 1990. The van der Waals surface area contributed by atoms with Crippen molar-refractivity contribution >= 4 is 74.4 Å². The molecule has 0 unspecified atom stereocenters. The van der Waals surface area contributed by atoms with Crippen LogP contribution in [0.4, 0.5) is 39.8 Å². The molecule has 0 heterocycles. The molecule has 332 valence electrons. The summed E-state index contributed by atoms with van der Waals surface area (Å²) in [6.07, 6.45) is 23.1. The smallest absolute Gasteiger partial charge is 0.232 e. The van der Waals surface area contributed by atoms with Crippen molar-refractivity contribution in [1.29, 1.82) is 0 Å². The van der Waals surface area contributed by atoms with Crippen LogP contribution in [0.15, 0.2) is 109 Å². The van der Waals surface area contributed by atoms with Crippen molar-refractivity contribution in [3.05, 3.63) is 125 Å². The van der Waals surface area contributed by atoms with Gasteiger partial charge < -0.3 is 14.7 Å². The van der Waals surface area contributed by atoms with Crippen molar-refractivity contribution in [2.24, 2.45) is 0 Å². The molecule has 0 spiro atoms. The number of nitrogens with zero attached hydrogens (tertiary/aromatic N) is 5. The predicted octanol–water partition coefficient (Wildman–Crippen LogP) is 16.0. The van der Waals surface area contributed by atoms with E-state index in [1.807, 2.05) is 6.07 Å². The van der Waals surface area contributed by atoms with E-state index in [0.29, 0.717) is 10.0 Å². The van der Waals surface area contributed by atoms with Crippen molar-refractivity contribution in [3.63, 3.8) is 0 Å². The topological polar surface area (TPSA) is 15.7 Å². The molecule has 0 aromatic heterocycles. The minimum Gasteiger partial charge on any atom is -0.372 e. The zero-order valence-electron chi connectivity index (χ0n) is 39.1. The predicted molar refractivity (Wildman–Crippen MR) is 276 cm³/mol. The fraction of sp³-hybridized carbons (Fsp3) is 0.455. The Morgan fingerprint density at radius 3 is 1.27 bits per heavy atom. The summed E-state index contributed by atoms with van der Waals surface area (Å²) in [5.41, 5.74) is 10.8. The molecule has 5 rings (SSSR count). The van der Waals surface area contributed by atoms with Gasteiger partial charge in [-0.1, -0.05) is 121 Å². The van der Waals surface area contributed by atoms with Crippen LogP contribution in [0.2, 0.25) is 10.0 Å². The highest BCUT2D eigenvalue weighted by Crippen LogP contribution is 2.44. The number of anilines is 5. The van der Waals surface area contributed by atoms with E-state index in [-0.39, 0.29) is 0 Å². The third-order valence-corrected chi connectivity index (χ3v) is 12.5. The molecule has 4 aromatic carbocycles. The Kier molecular flexibility index (Phi) is 20.2. The number of aryl methyl sites for hydroxylation is 1. The van der Waals surface area contributed by atoms with E-state index in [4.69, 9.17) is 23.2 Å². The Morgan fingerprint density at radius 1 is 0.452 bits per heavy atom. The number of unbranched alkanes of at least 4 members (excludes halogenated alkanes) is 6. The molecule has 0 saturated heterocycles. The van der Waals surface area contributed by atoms with Gasteiger partial charge in [-0.2, -0.15) is 4.58 Å². The minimum absolute atomic E-state index is 0.621. The molecule has 0 amide bonds. The van der Waals surface area contributed by atoms with Gasteiger partial charge in [0.15, 0.2) is 5.71 Å². The highest BCUT2D eigenvalue weighted by molar-refractivity contribution is 6.37. The first-order chi connectivity index (χ1) is 30.3. The maximum atomic E-state index is 7.55. The Hall–Kier alpha value is -4.32. The molecule has 0 aliphatic heterocycles. The molecule has 1 aliphatic carbocycles. The van der Waals surface area contributed by atoms with Crippen LogP contribution >= 0.6 is 23.2 Å². The summed E-state index contributed by atoms with van der Waals surface area (Å²) < 4.78 is 4.76. The normalized spacial score (nSPS) is 12.3. The molecule has 0 bridgehead atoms. The van der Waals surface area contributed by atoms with E-state index in [1.165, 1.54) is 99.7 Å². The standard InChI is InChI=1S/C55H75Cl2N5/c1-8-14-36-58(37-15-9-2)45-24-30-49(31-25-45)61(48-22-20-44(7)21-23-48)54-42-53(57)55(43-52(54)56)62(50-32-26-46(27-33-50)59(38-16-10-3)39-17-11-4)51-34-28-47(29-35-51)60(40-18-12-5)41-19-13-6/h20-35,42-43H,8-19,36-41H2,1-7H3/q+2. The molecule has 0 fully saturated rings. The van der Waals surface area contributed by atoms with Crippen LogP contribution in [0.3, 0.4) is 0 Å². The molecule has 0 atom stereocenters. The van der Waals surface area contributed by atoms with Crippen LogP contribution in [0, 0.1) is 6.92 Å². The third-order valence-electron chi connectivity index (χ3n) is 11.9. The van der Waals surface area contributed by atoms with Gasteiger partial charge in [0, 0.05) is 104 Å². The van der Waals surface area contributed by atoms with E-state index in [1.54, 1.807) is 0 Å². The van der Waals surface area contributed by atoms with Crippen LogP contribution < -0.4 is 19.3 Å². The van der Waals surface area contributed by atoms with Crippen molar-refractivity contribution < 1.29 is 4.58 Å². The second-order valence-electron chi connectivity index (χ2n) is 16.9. The molecule has 0 N–H and O–H groups in total. The van der Waals surface area contributed by atoms with Crippen LogP contribution in [0.5, 0.6) is 0 Å². The largest absolute Gasteiger partial charge is 0.372 e. The quantitative estimate of drug-likeness (QED) is 0.0487. The Balaban J connectivity index is 1.63. The second kappa shape index (κ2) is 25.7. The van der Waals surface area contributed by atoms with Crippen molar-refractivity contribution in [2.75, 3.05) is 54.0 Å². The molecular weight excluding hydrogens is 802 g/mol. The van der Waals surface area contributed by atoms with E-state index in [2.05, 4.69) is 175 Å². The summed E-state index contributed by atoms with van der Waals surface area (Å²) in [6, 6.07) is 30.8. The Morgan fingerprint density at radius 2 is 0.855 bits per heavy atom. The first kappa shape index (κ1) is 48.7. The lowest BCUT2D eigenvalue weighted by molar-refractivity contribution is -0.527. The minimum atomic E-state index is 0.621. The monoisotopic (exact) mass is 876 g/mol. The fourth-order valence-electron chi connectivity index (χ4n) is 8.06. The van der Waals surface area contributed by atoms with Gasteiger partial charge >= 0.3 is 0 Å². The average molecular weight is 877 g/mol. The number of hydrogen-bond donors (Lipinski definition) is 0. The van der Waals surface area contributed by atoms with Crippen LogP contribution in [-0.2, 0) is 0 Å². The van der Waals surface area contributed by atoms with E-state index < -0.39 is 0 Å². The first-order valence-corrected chi connectivity index (χ1v) is 24.7. The van der Waals surface area contributed by atoms with Gasteiger partial charge in [0.1, 0.15) is 18.1 Å².